The molecule has 1 unspecified atom stereocenters. The minimum absolute atomic E-state index is 0.131. The molecule has 0 aliphatic heterocycles. The summed E-state index contributed by atoms with van der Waals surface area (Å²) >= 11 is 0. The van der Waals surface area contributed by atoms with Gasteiger partial charge in [-0.1, -0.05) is 6.92 Å². The highest BCUT2D eigenvalue weighted by atomic mass is 16.4. The third-order valence-electron chi connectivity index (χ3n) is 3.16. The van der Waals surface area contributed by atoms with Crippen molar-refractivity contribution < 1.29 is 14.3 Å². The fourth-order valence-electron chi connectivity index (χ4n) is 1.92. The van der Waals surface area contributed by atoms with E-state index in [4.69, 9.17) is 9.52 Å². The fraction of sp³-hybridized carbons (Fsp3) is 0.385. The van der Waals surface area contributed by atoms with Gasteiger partial charge in [0.15, 0.2) is 11.4 Å². The maximum Gasteiger partial charge on any atom is 0.419 e. The molecule has 1 atom stereocenters. The largest absolute Gasteiger partial charge is 0.419 e. The van der Waals surface area contributed by atoms with Crippen LogP contribution in [0, 0.1) is 5.92 Å². The predicted octanol–water partition coefficient (Wildman–Crippen LogP) is 1.33. The number of aliphatic hydroxyl groups is 1. The molecule has 1 N–H and O–H groups in total. The van der Waals surface area contributed by atoms with Crippen LogP contribution in [0.2, 0.25) is 0 Å². The maximum atomic E-state index is 12.1. The molecule has 2 rings (SSSR count). The van der Waals surface area contributed by atoms with Crippen LogP contribution >= 0.6 is 0 Å². The van der Waals surface area contributed by atoms with Gasteiger partial charge < -0.3 is 9.52 Å². The molecular formula is C13H15NO4. The van der Waals surface area contributed by atoms with E-state index < -0.39 is 11.7 Å². The van der Waals surface area contributed by atoms with Crippen LogP contribution in [0.3, 0.4) is 0 Å². The number of nitrogens with zero attached hydrogens (tertiary/aromatic N) is 1. The number of oxazole rings is 1. The van der Waals surface area contributed by atoms with Crippen molar-refractivity contribution in [2.45, 2.75) is 13.3 Å². The zero-order valence-corrected chi connectivity index (χ0v) is 10.3. The molecule has 0 aliphatic carbocycles. The zero-order valence-electron chi connectivity index (χ0n) is 10.3. The third-order valence-corrected chi connectivity index (χ3v) is 3.16. The summed E-state index contributed by atoms with van der Waals surface area (Å²) in [6, 6.07) is 4.88. The van der Waals surface area contributed by atoms with Gasteiger partial charge >= 0.3 is 5.76 Å². The summed E-state index contributed by atoms with van der Waals surface area (Å²) in [4.78, 5) is 23.4. The molecule has 18 heavy (non-hydrogen) atoms. The molecule has 2 aromatic rings. The van der Waals surface area contributed by atoms with Gasteiger partial charge in [-0.05, 0) is 24.6 Å². The molecule has 0 saturated carbocycles. The van der Waals surface area contributed by atoms with E-state index in [1.807, 2.05) is 6.92 Å². The van der Waals surface area contributed by atoms with Gasteiger partial charge in [0.2, 0.25) is 0 Å². The van der Waals surface area contributed by atoms with Gasteiger partial charge in [-0.2, -0.15) is 0 Å². The molecule has 1 heterocycles. The lowest BCUT2D eigenvalue weighted by atomic mass is 9.96. The van der Waals surface area contributed by atoms with E-state index in [1.54, 1.807) is 25.2 Å². The Labute approximate surface area is 104 Å². The second kappa shape index (κ2) is 4.78. The topological polar surface area (TPSA) is 72.4 Å². The minimum atomic E-state index is -0.455. The van der Waals surface area contributed by atoms with Gasteiger partial charge in [-0.3, -0.25) is 9.36 Å². The summed E-state index contributed by atoms with van der Waals surface area (Å²) < 4.78 is 6.41. The number of ketones is 1. The normalized spacial score (nSPS) is 12.8. The van der Waals surface area contributed by atoms with E-state index in [0.717, 1.165) is 0 Å². The predicted molar refractivity (Wildman–Crippen MR) is 66.7 cm³/mol. The van der Waals surface area contributed by atoms with Crippen LogP contribution in [0.5, 0.6) is 0 Å². The van der Waals surface area contributed by atoms with E-state index in [-0.39, 0.29) is 12.4 Å². The van der Waals surface area contributed by atoms with Crippen molar-refractivity contribution in [1.82, 2.24) is 4.57 Å². The Morgan fingerprint density at radius 2 is 2.22 bits per heavy atom. The Morgan fingerprint density at radius 1 is 1.50 bits per heavy atom. The van der Waals surface area contributed by atoms with Gasteiger partial charge in [0.1, 0.15) is 0 Å². The number of carbonyl (C=O) groups is 1. The smallest absolute Gasteiger partial charge is 0.408 e. The van der Waals surface area contributed by atoms with Crippen LogP contribution in [0.15, 0.2) is 27.4 Å². The first-order chi connectivity index (χ1) is 8.58. The van der Waals surface area contributed by atoms with E-state index in [0.29, 0.717) is 23.1 Å². The van der Waals surface area contributed by atoms with Crippen molar-refractivity contribution >= 4 is 16.9 Å². The number of rotatable bonds is 4. The molecule has 0 saturated heterocycles. The standard InChI is InChI=1S/C13H15NO4/c1-3-8(7-15)12(16)9-4-5-10-11(6-9)18-13(17)14(10)2/h4-6,8,15H,3,7H2,1-2H3. The lowest BCUT2D eigenvalue weighted by Crippen LogP contribution is -2.17. The van der Waals surface area contributed by atoms with Crippen molar-refractivity contribution in [3.63, 3.8) is 0 Å². The Hall–Kier alpha value is -1.88. The van der Waals surface area contributed by atoms with E-state index >= 15 is 0 Å². The average molecular weight is 249 g/mol. The summed E-state index contributed by atoms with van der Waals surface area (Å²) in [7, 11) is 1.61. The first kappa shape index (κ1) is 12.6. The summed E-state index contributed by atoms with van der Waals surface area (Å²) in [5.74, 6) is -0.991. The molecule has 0 aliphatic rings. The van der Waals surface area contributed by atoms with Crippen LogP contribution in [-0.4, -0.2) is 22.1 Å². The first-order valence-electron chi connectivity index (χ1n) is 5.83. The summed E-state index contributed by atoms with van der Waals surface area (Å²) in [6.45, 7) is 1.67. The third kappa shape index (κ3) is 1.97. The van der Waals surface area contributed by atoms with Gasteiger partial charge in [0.05, 0.1) is 12.1 Å². The van der Waals surface area contributed by atoms with Gasteiger partial charge in [-0.15, -0.1) is 0 Å². The monoisotopic (exact) mass is 249 g/mol. The van der Waals surface area contributed by atoms with Crippen LogP contribution in [0.4, 0.5) is 0 Å². The second-order valence-corrected chi connectivity index (χ2v) is 4.26. The second-order valence-electron chi connectivity index (χ2n) is 4.26. The molecule has 5 heteroatoms. The van der Waals surface area contributed by atoms with Crippen LogP contribution in [0.25, 0.3) is 11.1 Å². The maximum absolute atomic E-state index is 12.1. The van der Waals surface area contributed by atoms with E-state index in [2.05, 4.69) is 0 Å². The van der Waals surface area contributed by atoms with Crippen LogP contribution in [-0.2, 0) is 7.05 Å². The van der Waals surface area contributed by atoms with Crippen LogP contribution in [0.1, 0.15) is 23.7 Å². The Morgan fingerprint density at radius 3 is 2.83 bits per heavy atom. The van der Waals surface area contributed by atoms with Crippen molar-refractivity contribution in [2.24, 2.45) is 13.0 Å². The number of aryl methyl sites for hydroxylation is 1. The summed E-state index contributed by atoms with van der Waals surface area (Å²) in [5, 5.41) is 9.12. The SMILES string of the molecule is CCC(CO)C(=O)c1ccc2c(c1)oc(=O)n2C. The minimum Gasteiger partial charge on any atom is -0.408 e. The number of hydrogen-bond acceptors (Lipinski definition) is 4. The number of aromatic nitrogens is 1. The highest BCUT2D eigenvalue weighted by molar-refractivity contribution is 6.00. The molecule has 96 valence electrons. The van der Waals surface area contributed by atoms with Crippen molar-refractivity contribution in [2.75, 3.05) is 6.61 Å². The van der Waals surface area contributed by atoms with Gasteiger partial charge in [0.25, 0.3) is 0 Å². The van der Waals surface area contributed by atoms with Crippen molar-refractivity contribution in [3.05, 3.63) is 34.3 Å². The van der Waals surface area contributed by atoms with E-state index in [1.165, 1.54) is 4.57 Å². The average Bonchev–Trinajstić information content (AvgIpc) is 2.66. The Balaban J connectivity index is 2.47. The molecule has 0 radical (unpaired) electrons. The number of hydrogen-bond donors (Lipinski definition) is 1. The molecule has 0 amide bonds. The molecule has 0 fully saturated rings. The summed E-state index contributed by atoms with van der Waals surface area (Å²) in [6.07, 6.45) is 0.576. The molecule has 1 aromatic heterocycles. The van der Waals surface area contributed by atoms with Gasteiger partial charge in [-0.25, -0.2) is 4.79 Å². The van der Waals surface area contributed by atoms with E-state index in [9.17, 15) is 9.59 Å². The Kier molecular flexibility index (Phi) is 3.34. The van der Waals surface area contributed by atoms with Crippen molar-refractivity contribution in [1.29, 1.82) is 0 Å². The summed E-state index contributed by atoms with van der Waals surface area (Å²) in [5.41, 5.74) is 1.49. The van der Waals surface area contributed by atoms with Crippen molar-refractivity contribution in [3.8, 4) is 0 Å². The Bertz CT molecular complexity index is 634. The molecule has 0 spiro atoms. The number of benzene rings is 1. The lowest BCUT2D eigenvalue weighted by molar-refractivity contribution is 0.0856. The molecule has 0 bridgehead atoms. The number of carbonyl (C=O) groups excluding carboxylic acids is 1. The highest BCUT2D eigenvalue weighted by Crippen LogP contribution is 2.18. The highest BCUT2D eigenvalue weighted by Gasteiger charge is 2.18. The number of Topliss-reactive ketones (excluding diaryl/α,β-unsaturated/α-hetero) is 1. The molecular weight excluding hydrogens is 234 g/mol. The quantitative estimate of drug-likeness (QED) is 0.830. The first-order valence-corrected chi connectivity index (χ1v) is 5.83. The van der Waals surface area contributed by atoms with Gasteiger partial charge in [0, 0.05) is 18.5 Å². The number of aliphatic hydroxyl groups excluding tert-OH is 1. The zero-order chi connectivity index (χ0) is 13.3. The lowest BCUT2D eigenvalue weighted by Gasteiger charge is -2.09. The molecule has 5 nitrogen and oxygen atoms in total. The molecule has 1 aromatic carbocycles. The van der Waals surface area contributed by atoms with Crippen LogP contribution < -0.4 is 5.76 Å². The number of fused-ring (bicyclic) bond motifs is 1. The fourth-order valence-corrected chi connectivity index (χ4v) is 1.92.